The minimum atomic E-state index is -1.65. The first-order valence-corrected chi connectivity index (χ1v) is 6.96. The second-order valence-electron chi connectivity index (χ2n) is 4.34. The molecule has 1 saturated carbocycles. The molecule has 0 radical (unpaired) electrons. The first kappa shape index (κ1) is 13.0. The van der Waals surface area contributed by atoms with Crippen LogP contribution < -0.4 is 0 Å². The van der Waals surface area contributed by atoms with Crippen LogP contribution in [0.25, 0.3) is 0 Å². The molecule has 2 fully saturated rings. The summed E-state index contributed by atoms with van der Waals surface area (Å²) < 4.78 is 3.31. The molecule has 3 aliphatic rings. The Morgan fingerprint density at radius 3 is 2.18 bits per heavy atom. The SMILES string of the molecule is O=C1OC[C@@H]2[C@H]1[C@@]1(Cl)C(Cl)=C(Cl)[C@@]2(Cl)C1(Cl)Cl. The van der Waals surface area contributed by atoms with Gasteiger partial charge in [0.15, 0.2) is 4.33 Å². The van der Waals surface area contributed by atoms with Crippen molar-refractivity contribution in [1.29, 1.82) is 0 Å². The van der Waals surface area contributed by atoms with E-state index in [2.05, 4.69) is 0 Å². The van der Waals surface area contributed by atoms with E-state index in [0.717, 1.165) is 0 Å². The fraction of sp³-hybridized carbons (Fsp3) is 0.667. The molecular weight excluding hydrogens is 353 g/mol. The van der Waals surface area contributed by atoms with Gasteiger partial charge in [-0.2, -0.15) is 0 Å². The lowest BCUT2D eigenvalue weighted by Crippen LogP contribution is -2.46. The number of carbonyl (C=O) groups is 1. The fourth-order valence-electron chi connectivity index (χ4n) is 2.89. The van der Waals surface area contributed by atoms with Crippen molar-refractivity contribution >= 4 is 75.6 Å². The van der Waals surface area contributed by atoms with Crippen LogP contribution in [0.3, 0.4) is 0 Å². The van der Waals surface area contributed by atoms with E-state index >= 15 is 0 Å². The second-order valence-corrected chi connectivity index (χ2v) is 7.62. The Hall–Kier alpha value is 0.950. The molecule has 2 nitrogen and oxygen atoms in total. The number of allylic oxidation sites excluding steroid dienone is 2. The average Bonchev–Trinajstić information content (AvgIpc) is 2.73. The smallest absolute Gasteiger partial charge is 0.311 e. The molecule has 0 aromatic rings. The van der Waals surface area contributed by atoms with Gasteiger partial charge < -0.3 is 4.74 Å². The maximum absolute atomic E-state index is 11.7. The molecule has 2 aliphatic carbocycles. The lowest BCUT2D eigenvalue weighted by molar-refractivity contribution is -0.141. The summed E-state index contributed by atoms with van der Waals surface area (Å²) in [6.45, 7) is 0.0864. The molecular formula is C9H4Cl6O2. The molecule has 94 valence electrons. The predicted octanol–water partition coefficient (Wildman–Crippen LogP) is 3.62. The Morgan fingerprint density at radius 2 is 1.59 bits per heavy atom. The van der Waals surface area contributed by atoms with Crippen molar-refractivity contribution in [3.05, 3.63) is 10.1 Å². The molecule has 4 atom stereocenters. The third-order valence-electron chi connectivity index (χ3n) is 3.75. The minimum Gasteiger partial charge on any atom is -0.465 e. The second kappa shape index (κ2) is 3.34. The van der Waals surface area contributed by atoms with Crippen molar-refractivity contribution in [3.8, 4) is 0 Å². The highest BCUT2D eigenvalue weighted by atomic mass is 35.5. The molecule has 1 heterocycles. The highest BCUT2D eigenvalue weighted by molar-refractivity contribution is 6.66. The number of hydrogen-bond donors (Lipinski definition) is 0. The van der Waals surface area contributed by atoms with Gasteiger partial charge in [-0.15, -0.1) is 23.2 Å². The van der Waals surface area contributed by atoms with Gasteiger partial charge in [-0.1, -0.05) is 46.4 Å². The zero-order valence-electron chi connectivity index (χ0n) is 7.95. The van der Waals surface area contributed by atoms with Gasteiger partial charge >= 0.3 is 5.97 Å². The van der Waals surface area contributed by atoms with Crippen LogP contribution in [-0.2, 0) is 9.53 Å². The van der Waals surface area contributed by atoms with Crippen molar-refractivity contribution in [1.82, 2.24) is 0 Å². The first-order valence-electron chi connectivity index (χ1n) is 4.69. The number of halogens is 6. The summed E-state index contributed by atoms with van der Waals surface area (Å²) in [5.74, 6) is -1.74. The third-order valence-corrected chi connectivity index (χ3v) is 8.05. The summed E-state index contributed by atoms with van der Waals surface area (Å²) >= 11 is 37.5. The van der Waals surface area contributed by atoms with Gasteiger partial charge in [0.2, 0.25) is 0 Å². The molecule has 17 heavy (non-hydrogen) atoms. The van der Waals surface area contributed by atoms with Crippen LogP contribution in [0.5, 0.6) is 0 Å². The molecule has 0 aromatic carbocycles. The van der Waals surface area contributed by atoms with E-state index in [1.54, 1.807) is 0 Å². The molecule has 0 unspecified atom stereocenters. The summed E-state index contributed by atoms with van der Waals surface area (Å²) in [6, 6.07) is 0. The molecule has 8 heteroatoms. The van der Waals surface area contributed by atoms with Crippen LogP contribution in [0.4, 0.5) is 0 Å². The third kappa shape index (κ3) is 1.05. The summed E-state index contributed by atoms with van der Waals surface area (Å²) in [7, 11) is 0. The first-order chi connectivity index (χ1) is 7.70. The molecule has 0 N–H and O–H groups in total. The van der Waals surface area contributed by atoms with Crippen LogP contribution >= 0.6 is 69.6 Å². The van der Waals surface area contributed by atoms with Gasteiger partial charge in [0, 0.05) is 5.92 Å². The van der Waals surface area contributed by atoms with E-state index in [1.807, 2.05) is 0 Å². The number of fused-ring (bicyclic) bond motifs is 5. The van der Waals surface area contributed by atoms with Crippen LogP contribution in [-0.4, -0.2) is 26.7 Å². The zero-order chi connectivity index (χ0) is 12.8. The Kier molecular flexibility index (Phi) is 2.54. The van der Waals surface area contributed by atoms with Gasteiger partial charge in [-0.25, -0.2) is 0 Å². The summed E-state index contributed by atoms with van der Waals surface area (Å²) in [6.07, 6.45) is 0. The van der Waals surface area contributed by atoms with Gasteiger partial charge in [-0.05, 0) is 0 Å². The Bertz CT molecular complexity index is 474. The number of rotatable bonds is 0. The van der Waals surface area contributed by atoms with Crippen molar-refractivity contribution in [2.45, 2.75) is 14.1 Å². The standard InChI is InChI=1S/C9H4Cl6O2/c10-4-5(11)8(13)3-2(1-17-6(3)16)7(4,12)9(8,14)15/h2-3H,1H2/t2-,3-,7-,8-/m1/s1. The van der Waals surface area contributed by atoms with E-state index in [9.17, 15) is 4.79 Å². The molecule has 1 saturated heterocycles. The number of ether oxygens (including phenoxy) is 1. The van der Waals surface area contributed by atoms with E-state index in [-0.39, 0.29) is 16.7 Å². The van der Waals surface area contributed by atoms with Crippen LogP contribution in [0, 0.1) is 11.8 Å². The van der Waals surface area contributed by atoms with Crippen LogP contribution in [0.1, 0.15) is 0 Å². The summed E-state index contributed by atoms with van der Waals surface area (Å²) in [5.41, 5.74) is 0. The van der Waals surface area contributed by atoms with E-state index in [1.165, 1.54) is 0 Å². The number of esters is 1. The average molecular weight is 357 g/mol. The molecule has 0 aromatic heterocycles. The Balaban J connectivity index is 2.32. The Morgan fingerprint density at radius 1 is 1.06 bits per heavy atom. The van der Waals surface area contributed by atoms with Gasteiger partial charge in [-0.3, -0.25) is 4.79 Å². The highest BCUT2D eigenvalue weighted by Gasteiger charge is 2.85. The summed E-state index contributed by atoms with van der Waals surface area (Å²) in [5, 5.41) is 0.126. The maximum atomic E-state index is 11.7. The molecule has 0 amide bonds. The molecule has 2 bridgehead atoms. The number of alkyl halides is 4. The van der Waals surface area contributed by atoms with Crippen molar-refractivity contribution in [3.63, 3.8) is 0 Å². The lowest BCUT2D eigenvalue weighted by atomic mass is 9.84. The fourth-order valence-corrected chi connectivity index (χ4v) is 5.88. The number of cyclic esters (lactones) is 1. The van der Waals surface area contributed by atoms with E-state index < -0.39 is 31.9 Å². The van der Waals surface area contributed by atoms with E-state index in [4.69, 9.17) is 74.3 Å². The topological polar surface area (TPSA) is 26.3 Å². The minimum absolute atomic E-state index is 0.0286. The van der Waals surface area contributed by atoms with Crippen molar-refractivity contribution in [2.24, 2.45) is 11.8 Å². The zero-order valence-corrected chi connectivity index (χ0v) is 12.5. The normalized spacial score (nSPS) is 50.8. The van der Waals surface area contributed by atoms with Crippen LogP contribution in [0.2, 0.25) is 0 Å². The van der Waals surface area contributed by atoms with E-state index in [0.29, 0.717) is 0 Å². The van der Waals surface area contributed by atoms with Crippen molar-refractivity contribution < 1.29 is 9.53 Å². The van der Waals surface area contributed by atoms with Crippen molar-refractivity contribution in [2.75, 3.05) is 6.61 Å². The quantitative estimate of drug-likeness (QED) is 0.489. The van der Waals surface area contributed by atoms with Gasteiger partial charge in [0.1, 0.15) is 9.75 Å². The monoisotopic (exact) mass is 354 g/mol. The number of hydrogen-bond acceptors (Lipinski definition) is 2. The molecule has 3 rings (SSSR count). The summed E-state index contributed by atoms with van der Waals surface area (Å²) in [4.78, 5) is 8.83. The number of carbonyl (C=O) groups excluding carboxylic acids is 1. The maximum Gasteiger partial charge on any atom is 0.311 e. The predicted molar refractivity (Wildman–Crippen MR) is 68.3 cm³/mol. The molecule has 1 aliphatic heterocycles. The van der Waals surface area contributed by atoms with Crippen LogP contribution in [0.15, 0.2) is 10.1 Å². The largest absolute Gasteiger partial charge is 0.465 e. The lowest BCUT2D eigenvalue weighted by Gasteiger charge is -2.33. The molecule has 0 spiro atoms. The highest BCUT2D eigenvalue weighted by Crippen LogP contribution is 2.77. The van der Waals surface area contributed by atoms with Gasteiger partial charge in [0.25, 0.3) is 0 Å². The Labute approximate surface area is 127 Å². The van der Waals surface area contributed by atoms with Gasteiger partial charge in [0.05, 0.1) is 22.6 Å².